The molecule has 1 atom stereocenters. The summed E-state index contributed by atoms with van der Waals surface area (Å²) in [6, 6.07) is 0.463. The summed E-state index contributed by atoms with van der Waals surface area (Å²) in [5, 5.41) is 5.59. The number of thiophene rings is 1. The van der Waals surface area contributed by atoms with Gasteiger partial charge in [0.05, 0.1) is 10.2 Å². The van der Waals surface area contributed by atoms with Crippen LogP contribution in [-0.2, 0) is 0 Å². The Balaban J connectivity index is 2.30. The molecule has 2 rings (SSSR count). The van der Waals surface area contributed by atoms with Crippen LogP contribution in [0.15, 0.2) is 11.7 Å². The highest BCUT2D eigenvalue weighted by molar-refractivity contribution is 7.18. The summed E-state index contributed by atoms with van der Waals surface area (Å²) in [5.41, 5.74) is 2.31. The first-order valence-corrected chi connectivity index (χ1v) is 6.55. The van der Waals surface area contributed by atoms with Crippen LogP contribution >= 0.6 is 11.3 Å². The average Bonchev–Trinajstić information content (AvgIpc) is 2.62. The first-order chi connectivity index (χ1) is 7.72. The van der Waals surface area contributed by atoms with E-state index in [2.05, 4.69) is 41.4 Å². The van der Waals surface area contributed by atoms with Crippen molar-refractivity contribution in [1.29, 1.82) is 0 Å². The first-order valence-electron chi connectivity index (χ1n) is 5.67. The Bertz CT molecular complexity index is 478. The molecule has 0 amide bonds. The number of nitrogens with one attached hydrogen (secondary N) is 1. The maximum atomic E-state index is 4.33. The Kier molecular flexibility index (Phi) is 3.39. The van der Waals surface area contributed by atoms with E-state index in [1.165, 1.54) is 16.7 Å². The molecule has 0 fully saturated rings. The van der Waals surface area contributed by atoms with E-state index in [0.717, 1.165) is 17.8 Å². The van der Waals surface area contributed by atoms with Crippen LogP contribution in [0.1, 0.15) is 32.3 Å². The zero-order valence-corrected chi connectivity index (χ0v) is 10.8. The van der Waals surface area contributed by atoms with Crippen molar-refractivity contribution < 1.29 is 0 Å². The second-order valence-corrected chi connectivity index (χ2v) is 5.03. The lowest BCUT2D eigenvalue weighted by molar-refractivity contribution is 0.688. The molecular formula is C12H17N3S. The minimum absolute atomic E-state index is 0.463. The Hall–Kier alpha value is -1.16. The topological polar surface area (TPSA) is 37.8 Å². The van der Waals surface area contributed by atoms with Gasteiger partial charge in [0.25, 0.3) is 0 Å². The van der Waals surface area contributed by atoms with E-state index in [-0.39, 0.29) is 0 Å². The lowest BCUT2D eigenvalue weighted by atomic mass is 10.2. The molecule has 4 heteroatoms. The Morgan fingerprint density at radius 1 is 1.44 bits per heavy atom. The van der Waals surface area contributed by atoms with Crippen LogP contribution in [0.25, 0.3) is 10.2 Å². The van der Waals surface area contributed by atoms with Gasteiger partial charge in [-0.05, 0) is 31.2 Å². The minimum Gasteiger partial charge on any atom is -0.366 e. The molecule has 0 aliphatic heterocycles. The molecular weight excluding hydrogens is 218 g/mol. The van der Waals surface area contributed by atoms with Crippen molar-refractivity contribution in [2.24, 2.45) is 0 Å². The molecule has 3 nitrogen and oxygen atoms in total. The zero-order valence-electron chi connectivity index (χ0n) is 9.95. The van der Waals surface area contributed by atoms with E-state index < -0.39 is 0 Å². The molecule has 0 aromatic carbocycles. The second-order valence-electron chi connectivity index (χ2n) is 4.15. The van der Waals surface area contributed by atoms with Gasteiger partial charge in [0.2, 0.25) is 0 Å². The van der Waals surface area contributed by atoms with Gasteiger partial charge in [0.15, 0.2) is 0 Å². The van der Waals surface area contributed by atoms with Gasteiger partial charge in [0.1, 0.15) is 12.1 Å². The number of hydrogen-bond donors (Lipinski definition) is 1. The highest BCUT2D eigenvalue weighted by Gasteiger charge is 2.09. The minimum atomic E-state index is 0.463. The van der Waals surface area contributed by atoms with Crippen molar-refractivity contribution in [3.05, 3.63) is 17.3 Å². The van der Waals surface area contributed by atoms with Gasteiger partial charge in [0, 0.05) is 6.04 Å². The molecule has 0 aliphatic rings. The van der Waals surface area contributed by atoms with Crippen LogP contribution in [0.4, 0.5) is 5.82 Å². The third-order valence-corrected chi connectivity index (χ3v) is 3.73. The molecule has 0 saturated carbocycles. The number of nitrogens with zero attached hydrogens (tertiary/aromatic N) is 2. The number of aromatic nitrogens is 2. The van der Waals surface area contributed by atoms with Crippen LogP contribution in [0.3, 0.4) is 0 Å². The maximum Gasteiger partial charge on any atom is 0.147 e. The van der Waals surface area contributed by atoms with Crippen molar-refractivity contribution in [1.82, 2.24) is 9.97 Å². The Labute approximate surface area is 99.9 Å². The fourth-order valence-electron chi connectivity index (χ4n) is 1.81. The summed E-state index contributed by atoms with van der Waals surface area (Å²) in [4.78, 5) is 8.64. The van der Waals surface area contributed by atoms with Gasteiger partial charge in [-0.3, -0.25) is 0 Å². The predicted molar refractivity (Wildman–Crippen MR) is 70.1 cm³/mol. The van der Waals surface area contributed by atoms with E-state index in [1.807, 2.05) is 0 Å². The van der Waals surface area contributed by atoms with Gasteiger partial charge in [-0.25, -0.2) is 9.97 Å². The van der Waals surface area contributed by atoms with E-state index in [9.17, 15) is 0 Å². The number of anilines is 1. The monoisotopic (exact) mass is 235 g/mol. The van der Waals surface area contributed by atoms with E-state index in [0.29, 0.717) is 6.04 Å². The normalized spacial score (nSPS) is 12.9. The highest BCUT2D eigenvalue weighted by atomic mass is 32.1. The second kappa shape index (κ2) is 4.78. The summed E-state index contributed by atoms with van der Waals surface area (Å²) in [6.45, 7) is 6.48. The molecule has 2 heterocycles. The van der Waals surface area contributed by atoms with E-state index >= 15 is 0 Å². The fourth-order valence-corrected chi connectivity index (χ4v) is 2.77. The van der Waals surface area contributed by atoms with Crippen LogP contribution in [-0.4, -0.2) is 16.0 Å². The molecule has 86 valence electrons. The quantitative estimate of drug-likeness (QED) is 0.879. The fraction of sp³-hybridized carbons (Fsp3) is 0.500. The molecule has 2 aromatic heterocycles. The smallest absolute Gasteiger partial charge is 0.147 e. The third kappa shape index (κ3) is 2.16. The molecule has 16 heavy (non-hydrogen) atoms. The van der Waals surface area contributed by atoms with Gasteiger partial charge < -0.3 is 5.32 Å². The zero-order chi connectivity index (χ0) is 11.5. The van der Waals surface area contributed by atoms with Gasteiger partial charge in [-0.15, -0.1) is 11.3 Å². The molecule has 0 saturated heterocycles. The van der Waals surface area contributed by atoms with Gasteiger partial charge >= 0.3 is 0 Å². The SMILES string of the molecule is CCCC(C)Nc1ncnc2c(C)csc12. The standard InChI is InChI=1S/C12H17N3S/c1-4-5-9(3)15-12-11-10(13-7-14-12)8(2)6-16-11/h6-7,9H,4-5H2,1-3H3,(H,13,14,15). The van der Waals surface area contributed by atoms with Crippen molar-refractivity contribution in [3.63, 3.8) is 0 Å². The predicted octanol–water partition coefficient (Wildman–Crippen LogP) is 3.60. The number of aryl methyl sites for hydroxylation is 1. The van der Waals surface area contributed by atoms with Gasteiger partial charge in [-0.1, -0.05) is 13.3 Å². The largest absolute Gasteiger partial charge is 0.366 e. The Morgan fingerprint density at radius 3 is 3.00 bits per heavy atom. The lowest BCUT2D eigenvalue weighted by Crippen LogP contribution is -2.15. The van der Waals surface area contributed by atoms with Crippen LogP contribution in [0.2, 0.25) is 0 Å². The lowest BCUT2D eigenvalue weighted by Gasteiger charge is -2.13. The summed E-state index contributed by atoms with van der Waals surface area (Å²) in [7, 11) is 0. The third-order valence-electron chi connectivity index (χ3n) is 2.64. The molecule has 2 aromatic rings. The summed E-state index contributed by atoms with van der Waals surface area (Å²) in [5.74, 6) is 0.976. The Morgan fingerprint density at radius 2 is 2.25 bits per heavy atom. The van der Waals surface area contributed by atoms with Crippen LogP contribution in [0.5, 0.6) is 0 Å². The van der Waals surface area contributed by atoms with Gasteiger partial charge in [-0.2, -0.15) is 0 Å². The number of rotatable bonds is 4. The van der Waals surface area contributed by atoms with Crippen LogP contribution < -0.4 is 5.32 Å². The number of hydrogen-bond acceptors (Lipinski definition) is 4. The average molecular weight is 235 g/mol. The summed E-state index contributed by atoms with van der Waals surface area (Å²) < 4.78 is 1.17. The summed E-state index contributed by atoms with van der Waals surface area (Å²) >= 11 is 1.71. The molecule has 0 aliphatic carbocycles. The van der Waals surface area contributed by atoms with Crippen molar-refractivity contribution >= 4 is 27.4 Å². The molecule has 0 spiro atoms. The molecule has 1 N–H and O–H groups in total. The van der Waals surface area contributed by atoms with Crippen LogP contribution in [0, 0.1) is 6.92 Å². The van der Waals surface area contributed by atoms with E-state index in [1.54, 1.807) is 17.7 Å². The molecule has 0 bridgehead atoms. The van der Waals surface area contributed by atoms with Crippen molar-refractivity contribution in [2.75, 3.05) is 5.32 Å². The van der Waals surface area contributed by atoms with Crippen molar-refractivity contribution in [2.45, 2.75) is 39.7 Å². The molecule has 1 unspecified atom stereocenters. The van der Waals surface area contributed by atoms with E-state index in [4.69, 9.17) is 0 Å². The summed E-state index contributed by atoms with van der Waals surface area (Å²) in [6.07, 6.45) is 3.99. The highest BCUT2D eigenvalue weighted by Crippen LogP contribution is 2.28. The number of fused-ring (bicyclic) bond motifs is 1. The maximum absolute atomic E-state index is 4.33. The first kappa shape index (κ1) is 11.3. The molecule has 0 radical (unpaired) electrons. The van der Waals surface area contributed by atoms with Crippen molar-refractivity contribution in [3.8, 4) is 0 Å².